The summed E-state index contributed by atoms with van der Waals surface area (Å²) < 4.78 is 1.85. The minimum atomic E-state index is -0.724. The lowest BCUT2D eigenvalue weighted by molar-refractivity contribution is -0.138. The molecule has 0 saturated carbocycles. The molecule has 0 saturated heterocycles. The van der Waals surface area contributed by atoms with Gasteiger partial charge in [-0.1, -0.05) is 0 Å². The number of rotatable bonds is 2. The van der Waals surface area contributed by atoms with Crippen molar-refractivity contribution in [1.29, 1.82) is 0 Å². The molecule has 1 unspecified atom stereocenters. The number of nitrogens with zero attached hydrogens (tertiary/aromatic N) is 3. The Morgan fingerprint density at radius 3 is 3.38 bits per heavy atom. The number of aliphatic carboxylic acids is 1. The maximum Gasteiger partial charge on any atom is 0.303 e. The van der Waals surface area contributed by atoms with Crippen molar-refractivity contribution in [3.05, 3.63) is 12.2 Å². The highest BCUT2D eigenvalue weighted by atomic mass is 16.4. The summed E-state index contributed by atoms with van der Waals surface area (Å²) in [5, 5.41) is 12.6. The van der Waals surface area contributed by atoms with E-state index in [1.54, 1.807) is 0 Å². The van der Waals surface area contributed by atoms with Crippen LogP contribution >= 0.6 is 0 Å². The van der Waals surface area contributed by atoms with Crippen LogP contribution in [0.2, 0.25) is 0 Å². The SMILES string of the molecule is O=C(O)CC1CCn2ncnc2C1. The molecule has 0 radical (unpaired) electrons. The molecule has 1 aromatic rings. The molecule has 0 aliphatic carbocycles. The van der Waals surface area contributed by atoms with Gasteiger partial charge in [0.2, 0.25) is 0 Å². The average Bonchev–Trinajstić information content (AvgIpc) is 2.49. The fourth-order valence-electron chi connectivity index (χ4n) is 1.72. The Labute approximate surface area is 75.4 Å². The number of carboxylic acids is 1. The molecule has 1 aliphatic rings. The zero-order valence-electron chi connectivity index (χ0n) is 7.18. The average molecular weight is 181 g/mol. The van der Waals surface area contributed by atoms with Gasteiger partial charge in [0.1, 0.15) is 12.2 Å². The maximum atomic E-state index is 10.5. The summed E-state index contributed by atoms with van der Waals surface area (Å²) in [5.74, 6) is 0.421. The highest BCUT2D eigenvalue weighted by Gasteiger charge is 2.21. The van der Waals surface area contributed by atoms with Crippen molar-refractivity contribution in [3.63, 3.8) is 0 Å². The van der Waals surface area contributed by atoms with E-state index < -0.39 is 5.97 Å². The zero-order chi connectivity index (χ0) is 9.26. The molecule has 1 N–H and O–H groups in total. The van der Waals surface area contributed by atoms with E-state index in [1.807, 2.05) is 4.68 Å². The minimum Gasteiger partial charge on any atom is -0.481 e. The number of hydrogen-bond donors (Lipinski definition) is 1. The van der Waals surface area contributed by atoms with Crippen molar-refractivity contribution in [1.82, 2.24) is 14.8 Å². The lowest BCUT2D eigenvalue weighted by Crippen LogP contribution is -2.22. The van der Waals surface area contributed by atoms with Crippen LogP contribution in [0.15, 0.2) is 6.33 Å². The number of aromatic nitrogens is 3. The second kappa shape index (κ2) is 3.16. The minimum absolute atomic E-state index is 0.231. The Balaban J connectivity index is 2.04. The Hall–Kier alpha value is -1.39. The molecule has 70 valence electrons. The lowest BCUT2D eigenvalue weighted by Gasteiger charge is -2.20. The van der Waals surface area contributed by atoms with Crippen molar-refractivity contribution in [2.45, 2.75) is 25.8 Å². The van der Waals surface area contributed by atoms with Gasteiger partial charge >= 0.3 is 5.97 Å². The van der Waals surface area contributed by atoms with Gasteiger partial charge in [-0.3, -0.25) is 9.48 Å². The normalized spacial score (nSPS) is 21.1. The van der Waals surface area contributed by atoms with Crippen molar-refractivity contribution in [2.24, 2.45) is 5.92 Å². The smallest absolute Gasteiger partial charge is 0.303 e. The first kappa shape index (κ1) is 8.22. The van der Waals surface area contributed by atoms with Gasteiger partial charge in [-0.15, -0.1) is 0 Å². The van der Waals surface area contributed by atoms with Crippen LogP contribution in [-0.4, -0.2) is 25.8 Å². The first-order valence-corrected chi connectivity index (χ1v) is 4.34. The van der Waals surface area contributed by atoms with Gasteiger partial charge in [-0.25, -0.2) is 4.98 Å². The Morgan fingerprint density at radius 2 is 2.62 bits per heavy atom. The van der Waals surface area contributed by atoms with Gasteiger partial charge in [-0.05, 0) is 12.3 Å². The third-order valence-electron chi connectivity index (χ3n) is 2.38. The predicted molar refractivity (Wildman–Crippen MR) is 44.1 cm³/mol. The van der Waals surface area contributed by atoms with Gasteiger partial charge in [0.25, 0.3) is 0 Å². The Bertz CT molecular complexity index is 321. The second-order valence-electron chi connectivity index (χ2n) is 3.36. The lowest BCUT2D eigenvalue weighted by atomic mass is 9.95. The van der Waals surface area contributed by atoms with Crippen molar-refractivity contribution < 1.29 is 9.90 Å². The molecule has 2 heterocycles. The molecular formula is C8H11N3O2. The molecular weight excluding hydrogens is 170 g/mol. The topological polar surface area (TPSA) is 68.0 Å². The van der Waals surface area contributed by atoms with Crippen LogP contribution in [0.4, 0.5) is 0 Å². The van der Waals surface area contributed by atoms with Crippen LogP contribution in [-0.2, 0) is 17.8 Å². The van der Waals surface area contributed by atoms with E-state index in [9.17, 15) is 4.79 Å². The van der Waals surface area contributed by atoms with Gasteiger partial charge in [-0.2, -0.15) is 5.10 Å². The van der Waals surface area contributed by atoms with E-state index >= 15 is 0 Å². The molecule has 5 nitrogen and oxygen atoms in total. The van der Waals surface area contributed by atoms with Gasteiger partial charge in [0.15, 0.2) is 0 Å². The summed E-state index contributed by atoms with van der Waals surface area (Å²) in [6.45, 7) is 0.799. The third-order valence-corrected chi connectivity index (χ3v) is 2.38. The molecule has 13 heavy (non-hydrogen) atoms. The molecule has 0 aromatic carbocycles. The summed E-state index contributed by atoms with van der Waals surface area (Å²) in [6.07, 6.45) is 3.40. The Morgan fingerprint density at radius 1 is 1.77 bits per heavy atom. The first-order chi connectivity index (χ1) is 6.25. The Kier molecular flexibility index (Phi) is 2.00. The second-order valence-corrected chi connectivity index (χ2v) is 3.36. The molecule has 0 bridgehead atoms. The molecule has 1 atom stereocenters. The molecule has 5 heteroatoms. The molecule has 0 fully saturated rings. The van der Waals surface area contributed by atoms with E-state index in [1.165, 1.54) is 6.33 Å². The van der Waals surface area contributed by atoms with E-state index in [-0.39, 0.29) is 12.3 Å². The highest BCUT2D eigenvalue weighted by Crippen LogP contribution is 2.20. The zero-order valence-corrected chi connectivity index (χ0v) is 7.18. The monoisotopic (exact) mass is 181 g/mol. The highest BCUT2D eigenvalue weighted by molar-refractivity contribution is 5.67. The first-order valence-electron chi connectivity index (χ1n) is 4.34. The standard InChI is InChI=1S/C8H11N3O2/c12-8(13)4-6-1-2-11-7(3-6)9-5-10-11/h5-6H,1-4H2,(H,12,13). The van der Waals surface area contributed by atoms with Gasteiger partial charge in [0, 0.05) is 19.4 Å². The van der Waals surface area contributed by atoms with E-state index in [4.69, 9.17) is 5.11 Å². The van der Waals surface area contributed by atoms with Crippen LogP contribution < -0.4 is 0 Å². The molecule has 1 aromatic heterocycles. The summed E-state index contributed by atoms with van der Waals surface area (Å²) in [4.78, 5) is 14.5. The quantitative estimate of drug-likeness (QED) is 0.713. The molecule has 2 rings (SSSR count). The summed E-state index contributed by atoms with van der Waals surface area (Å²) >= 11 is 0. The van der Waals surface area contributed by atoms with Crippen LogP contribution in [0.3, 0.4) is 0 Å². The number of aryl methyl sites for hydroxylation is 1. The van der Waals surface area contributed by atoms with Crippen LogP contribution in [0.1, 0.15) is 18.7 Å². The van der Waals surface area contributed by atoms with E-state index in [0.717, 1.165) is 25.2 Å². The number of carboxylic acid groups (broad SMARTS) is 1. The molecule has 0 spiro atoms. The third kappa shape index (κ3) is 1.68. The fourth-order valence-corrected chi connectivity index (χ4v) is 1.72. The van der Waals surface area contributed by atoms with Gasteiger partial charge < -0.3 is 5.11 Å². The summed E-state index contributed by atoms with van der Waals surface area (Å²) in [7, 11) is 0. The number of hydrogen-bond acceptors (Lipinski definition) is 3. The van der Waals surface area contributed by atoms with E-state index in [2.05, 4.69) is 10.1 Å². The van der Waals surface area contributed by atoms with Crippen molar-refractivity contribution >= 4 is 5.97 Å². The number of fused-ring (bicyclic) bond motifs is 1. The molecule has 0 amide bonds. The van der Waals surface area contributed by atoms with E-state index in [0.29, 0.717) is 0 Å². The summed E-state index contributed by atoms with van der Waals surface area (Å²) in [6, 6.07) is 0. The number of carbonyl (C=O) groups is 1. The predicted octanol–water partition coefficient (Wildman–Crippen LogP) is 0.315. The van der Waals surface area contributed by atoms with Gasteiger partial charge in [0.05, 0.1) is 0 Å². The van der Waals surface area contributed by atoms with Crippen molar-refractivity contribution in [2.75, 3.05) is 0 Å². The van der Waals surface area contributed by atoms with Crippen LogP contribution in [0.5, 0.6) is 0 Å². The molecule has 1 aliphatic heterocycles. The summed E-state index contributed by atoms with van der Waals surface area (Å²) in [5.41, 5.74) is 0. The largest absolute Gasteiger partial charge is 0.481 e. The van der Waals surface area contributed by atoms with Crippen LogP contribution in [0.25, 0.3) is 0 Å². The maximum absolute atomic E-state index is 10.5. The fraction of sp³-hybridized carbons (Fsp3) is 0.625. The van der Waals surface area contributed by atoms with Crippen LogP contribution in [0, 0.1) is 5.92 Å². The van der Waals surface area contributed by atoms with Crippen molar-refractivity contribution in [3.8, 4) is 0 Å².